The third-order valence-electron chi connectivity index (χ3n) is 4.39. The van der Waals surface area contributed by atoms with Crippen LogP contribution in [0, 0.1) is 6.92 Å². The van der Waals surface area contributed by atoms with Crippen molar-refractivity contribution in [2.24, 2.45) is 0 Å². The number of hydrogen-bond acceptors (Lipinski definition) is 2. The van der Waals surface area contributed by atoms with Crippen molar-refractivity contribution in [3.05, 3.63) is 47.5 Å². The maximum absolute atomic E-state index is 14.0. The maximum atomic E-state index is 14.0. The Hall–Kier alpha value is -2.08. The topological polar surface area (TPSA) is 32.3 Å². The van der Waals surface area contributed by atoms with Crippen molar-refractivity contribution in [1.82, 2.24) is 10.4 Å². The van der Waals surface area contributed by atoms with Gasteiger partial charge < -0.3 is 0 Å². The zero-order valence-electron chi connectivity index (χ0n) is 13.7. The van der Waals surface area contributed by atoms with Crippen LogP contribution in [0.4, 0.5) is 13.2 Å². The fourth-order valence-electron chi connectivity index (χ4n) is 3.40. The molecule has 1 saturated heterocycles. The smallest absolute Gasteiger partial charge is 0.287 e. The van der Waals surface area contributed by atoms with E-state index < -0.39 is 23.7 Å². The summed E-state index contributed by atoms with van der Waals surface area (Å²) in [6.45, 7) is 5.06. The highest BCUT2D eigenvalue weighted by atomic mass is 19.4. The Morgan fingerprint density at radius 2 is 1.88 bits per heavy atom. The summed E-state index contributed by atoms with van der Waals surface area (Å²) in [4.78, 5) is 11.7. The third kappa shape index (κ3) is 2.86. The van der Waals surface area contributed by atoms with Gasteiger partial charge in [-0.2, -0.15) is 18.2 Å². The van der Waals surface area contributed by atoms with Crippen LogP contribution in [0.5, 0.6) is 0 Å². The Balaban J connectivity index is 2.24. The molecule has 0 radical (unpaired) electrons. The lowest BCUT2D eigenvalue weighted by Gasteiger charge is -2.38. The number of carbonyl (C=O) groups is 1. The summed E-state index contributed by atoms with van der Waals surface area (Å²) < 4.78 is 42.0. The maximum Gasteiger partial charge on any atom is 0.409 e. The Morgan fingerprint density at radius 1 is 1.21 bits per heavy atom. The van der Waals surface area contributed by atoms with E-state index in [-0.39, 0.29) is 12.0 Å². The van der Waals surface area contributed by atoms with Gasteiger partial charge in [0.05, 0.1) is 0 Å². The molecule has 1 N–H and O–H groups in total. The average Bonchev–Trinajstić information content (AvgIpc) is 2.70. The van der Waals surface area contributed by atoms with E-state index in [2.05, 4.69) is 5.43 Å². The van der Waals surface area contributed by atoms with E-state index in [1.807, 2.05) is 6.07 Å². The van der Waals surface area contributed by atoms with E-state index in [0.717, 1.165) is 16.0 Å². The van der Waals surface area contributed by atoms with Crippen LogP contribution in [0.3, 0.4) is 0 Å². The molecule has 128 valence electrons. The van der Waals surface area contributed by atoms with Gasteiger partial charge in [0.25, 0.3) is 0 Å². The first kappa shape index (κ1) is 16.8. The van der Waals surface area contributed by atoms with Crippen molar-refractivity contribution in [3.8, 4) is 0 Å². The Labute approximate surface area is 138 Å². The molecule has 0 spiro atoms. The Morgan fingerprint density at radius 3 is 2.46 bits per heavy atom. The Bertz CT molecular complexity index is 798. The molecule has 2 aromatic carbocycles. The van der Waals surface area contributed by atoms with Crippen LogP contribution in [0.1, 0.15) is 37.4 Å². The summed E-state index contributed by atoms with van der Waals surface area (Å²) in [6.07, 6.45) is -4.49. The van der Waals surface area contributed by atoms with E-state index in [0.29, 0.717) is 5.39 Å². The first-order valence-corrected chi connectivity index (χ1v) is 7.74. The van der Waals surface area contributed by atoms with Crippen LogP contribution in [-0.4, -0.2) is 22.6 Å². The van der Waals surface area contributed by atoms with Gasteiger partial charge in [-0.05, 0) is 37.1 Å². The summed E-state index contributed by atoms with van der Waals surface area (Å²) >= 11 is 0. The first-order valence-electron chi connectivity index (χ1n) is 7.74. The van der Waals surface area contributed by atoms with E-state index in [9.17, 15) is 18.0 Å². The molecule has 0 aromatic heterocycles. The molecule has 0 saturated carbocycles. The van der Waals surface area contributed by atoms with Crippen LogP contribution in [0.15, 0.2) is 36.4 Å². The van der Waals surface area contributed by atoms with Crippen LogP contribution in [0.2, 0.25) is 0 Å². The fraction of sp³-hybridized carbons (Fsp3) is 0.389. The predicted molar refractivity (Wildman–Crippen MR) is 86.2 cm³/mol. The number of halogens is 3. The van der Waals surface area contributed by atoms with Gasteiger partial charge in [0.2, 0.25) is 5.91 Å². The number of hydrogen-bond donors (Lipinski definition) is 1. The Kier molecular flexibility index (Phi) is 3.83. The summed E-state index contributed by atoms with van der Waals surface area (Å²) in [5.41, 5.74) is 2.39. The second-order valence-electron chi connectivity index (χ2n) is 6.91. The zero-order chi connectivity index (χ0) is 17.7. The minimum Gasteiger partial charge on any atom is -0.287 e. The number of amides is 1. The summed E-state index contributed by atoms with van der Waals surface area (Å²) in [6, 6.07) is 8.53. The highest BCUT2D eigenvalue weighted by Crippen LogP contribution is 2.44. The SMILES string of the molecule is Cc1cc(C(N2NC(=O)CC2(C)C)C(F)(F)F)c2ccccc2c1. The van der Waals surface area contributed by atoms with Gasteiger partial charge >= 0.3 is 6.18 Å². The van der Waals surface area contributed by atoms with Crippen molar-refractivity contribution in [1.29, 1.82) is 0 Å². The lowest BCUT2D eigenvalue weighted by atomic mass is 9.92. The van der Waals surface area contributed by atoms with E-state index >= 15 is 0 Å². The minimum atomic E-state index is -4.52. The van der Waals surface area contributed by atoms with Crippen LogP contribution < -0.4 is 5.43 Å². The molecule has 1 amide bonds. The van der Waals surface area contributed by atoms with Gasteiger partial charge in [0.1, 0.15) is 0 Å². The summed E-state index contributed by atoms with van der Waals surface area (Å²) in [5.74, 6) is -0.397. The third-order valence-corrected chi connectivity index (χ3v) is 4.39. The molecular weight excluding hydrogens is 317 g/mol. The average molecular weight is 336 g/mol. The lowest BCUT2D eigenvalue weighted by molar-refractivity contribution is -0.203. The predicted octanol–water partition coefficient (Wildman–Crippen LogP) is 4.27. The lowest BCUT2D eigenvalue weighted by Crippen LogP contribution is -2.51. The summed E-state index contributed by atoms with van der Waals surface area (Å²) in [7, 11) is 0. The van der Waals surface area contributed by atoms with Gasteiger partial charge in [-0.15, -0.1) is 0 Å². The standard InChI is InChI=1S/C18H19F3N2O/c1-11-8-12-6-4-5-7-13(12)14(9-11)16(18(19,20)21)23-17(2,3)10-15(24)22-23/h4-9,16H,10H2,1-3H3,(H,22,24). The number of alkyl halides is 3. The van der Waals surface area contributed by atoms with Gasteiger partial charge in [-0.3, -0.25) is 10.2 Å². The number of hydrazine groups is 1. The van der Waals surface area contributed by atoms with Gasteiger partial charge in [0.15, 0.2) is 6.04 Å². The number of benzene rings is 2. The van der Waals surface area contributed by atoms with Crippen molar-refractivity contribution in [3.63, 3.8) is 0 Å². The molecular formula is C18H19F3N2O. The number of rotatable bonds is 2. The molecule has 2 aromatic rings. The molecule has 1 atom stereocenters. The number of aryl methyl sites for hydroxylation is 1. The van der Waals surface area contributed by atoms with E-state index in [4.69, 9.17) is 0 Å². The normalized spacial score (nSPS) is 19.5. The molecule has 1 fully saturated rings. The van der Waals surface area contributed by atoms with Crippen LogP contribution in [0.25, 0.3) is 10.8 Å². The molecule has 1 unspecified atom stereocenters. The fourth-order valence-corrected chi connectivity index (χ4v) is 3.40. The van der Waals surface area contributed by atoms with E-state index in [1.54, 1.807) is 51.1 Å². The molecule has 1 heterocycles. The van der Waals surface area contributed by atoms with Crippen molar-refractivity contribution in [2.75, 3.05) is 0 Å². The molecule has 0 aliphatic carbocycles. The molecule has 24 heavy (non-hydrogen) atoms. The van der Waals surface area contributed by atoms with Gasteiger partial charge in [0, 0.05) is 12.0 Å². The van der Waals surface area contributed by atoms with Gasteiger partial charge in [-0.1, -0.05) is 42.0 Å². The molecule has 1 aliphatic rings. The largest absolute Gasteiger partial charge is 0.409 e. The number of nitrogens with zero attached hydrogens (tertiary/aromatic N) is 1. The molecule has 0 bridgehead atoms. The summed E-state index contributed by atoms with van der Waals surface area (Å²) in [5, 5.41) is 2.35. The second-order valence-corrected chi connectivity index (χ2v) is 6.91. The molecule has 6 heteroatoms. The molecule has 3 rings (SSSR count). The number of nitrogens with one attached hydrogen (secondary N) is 1. The zero-order valence-corrected chi connectivity index (χ0v) is 13.7. The minimum absolute atomic E-state index is 0.0311. The van der Waals surface area contributed by atoms with E-state index in [1.165, 1.54) is 0 Å². The second kappa shape index (κ2) is 5.48. The first-order chi connectivity index (χ1) is 11.1. The quantitative estimate of drug-likeness (QED) is 0.888. The highest BCUT2D eigenvalue weighted by molar-refractivity contribution is 5.87. The van der Waals surface area contributed by atoms with Crippen molar-refractivity contribution in [2.45, 2.75) is 44.9 Å². The van der Waals surface area contributed by atoms with Crippen LogP contribution >= 0.6 is 0 Å². The molecule has 3 nitrogen and oxygen atoms in total. The van der Waals surface area contributed by atoms with Gasteiger partial charge in [-0.25, -0.2) is 0 Å². The van der Waals surface area contributed by atoms with Crippen LogP contribution in [-0.2, 0) is 4.79 Å². The highest BCUT2D eigenvalue weighted by Gasteiger charge is 2.53. The number of fused-ring (bicyclic) bond motifs is 1. The van der Waals surface area contributed by atoms with Crippen molar-refractivity contribution < 1.29 is 18.0 Å². The molecule has 1 aliphatic heterocycles. The monoisotopic (exact) mass is 336 g/mol. The number of carbonyl (C=O) groups excluding carboxylic acids is 1. The van der Waals surface area contributed by atoms with Crippen molar-refractivity contribution >= 4 is 16.7 Å².